The molecule has 5 rings (SSSR count). The highest BCUT2D eigenvalue weighted by atomic mass is 19.4. The fourth-order valence-electron chi connectivity index (χ4n) is 4.50. The lowest BCUT2D eigenvalue weighted by Crippen LogP contribution is -2.39. The van der Waals surface area contributed by atoms with Gasteiger partial charge in [0, 0.05) is 56.4 Å². The largest absolute Gasteiger partial charge is 0.416 e. The molecular weight excluding hydrogens is 525 g/mol. The molecule has 0 radical (unpaired) electrons. The number of benzene rings is 2. The first-order chi connectivity index (χ1) is 19.2. The second-order valence-corrected chi connectivity index (χ2v) is 9.47. The number of alkyl halides is 3. The van der Waals surface area contributed by atoms with E-state index in [4.69, 9.17) is 4.74 Å². The van der Waals surface area contributed by atoms with E-state index >= 15 is 0 Å². The molecule has 0 atom stereocenters. The fraction of sp³-hybridized carbons (Fsp3) is 0.333. The smallest absolute Gasteiger partial charge is 0.379 e. The zero-order valence-corrected chi connectivity index (χ0v) is 22.0. The molecule has 13 heteroatoms. The first kappa shape index (κ1) is 27.3. The van der Waals surface area contributed by atoms with Gasteiger partial charge in [0.1, 0.15) is 5.69 Å². The molecule has 1 aliphatic rings. The Labute approximate surface area is 228 Å². The Morgan fingerprint density at radius 1 is 1.10 bits per heavy atom. The standard InChI is InChI=1S/C27H29F3N8O2/c1-17-14-18(6-7-22(17)34-26(39)33-20-5-3-4-19(15-20)27(28,29)30)23-21-16-32-25(35-24(21)37(2)36-23)31-8-9-38-10-12-40-13-11-38/h3-7,14-16H,8-13H2,1-2H3,(H,31,32,35)(H2,33,34,39). The van der Waals surface area contributed by atoms with Crippen molar-refractivity contribution in [3.63, 3.8) is 0 Å². The molecule has 2 amide bonds. The van der Waals surface area contributed by atoms with Gasteiger partial charge in [-0.1, -0.05) is 12.1 Å². The van der Waals surface area contributed by atoms with Crippen molar-refractivity contribution in [2.24, 2.45) is 7.05 Å². The Hall–Kier alpha value is -4.23. The summed E-state index contributed by atoms with van der Waals surface area (Å²) in [5, 5.41) is 13.8. The summed E-state index contributed by atoms with van der Waals surface area (Å²) in [5.74, 6) is 0.526. The number of carbonyl (C=O) groups excluding carboxylic acids is 1. The summed E-state index contributed by atoms with van der Waals surface area (Å²) in [6.07, 6.45) is -2.76. The van der Waals surface area contributed by atoms with Gasteiger partial charge in [-0.15, -0.1) is 0 Å². The van der Waals surface area contributed by atoms with Crippen LogP contribution in [-0.2, 0) is 18.0 Å². The van der Waals surface area contributed by atoms with E-state index in [0.29, 0.717) is 29.5 Å². The third-order valence-corrected chi connectivity index (χ3v) is 6.59. The van der Waals surface area contributed by atoms with Gasteiger partial charge in [-0.25, -0.2) is 14.5 Å². The van der Waals surface area contributed by atoms with Crippen molar-refractivity contribution >= 4 is 34.4 Å². The van der Waals surface area contributed by atoms with Crippen LogP contribution < -0.4 is 16.0 Å². The number of carbonyl (C=O) groups is 1. The lowest BCUT2D eigenvalue weighted by Gasteiger charge is -2.26. The maximum atomic E-state index is 13.0. The quantitative estimate of drug-likeness (QED) is 0.303. The average molecular weight is 555 g/mol. The van der Waals surface area contributed by atoms with E-state index in [1.807, 2.05) is 26.1 Å². The molecule has 3 heterocycles. The molecule has 2 aromatic carbocycles. The number of aromatic nitrogens is 4. The van der Waals surface area contributed by atoms with E-state index in [9.17, 15) is 18.0 Å². The number of morpholine rings is 1. The van der Waals surface area contributed by atoms with Crippen molar-refractivity contribution in [2.75, 3.05) is 55.3 Å². The summed E-state index contributed by atoms with van der Waals surface area (Å²) in [7, 11) is 1.82. The summed E-state index contributed by atoms with van der Waals surface area (Å²) >= 11 is 0. The van der Waals surface area contributed by atoms with Crippen LogP contribution in [0.2, 0.25) is 0 Å². The van der Waals surface area contributed by atoms with Crippen molar-refractivity contribution in [2.45, 2.75) is 13.1 Å². The highest BCUT2D eigenvalue weighted by molar-refractivity contribution is 6.00. The lowest BCUT2D eigenvalue weighted by atomic mass is 10.1. The molecule has 0 saturated carbocycles. The van der Waals surface area contributed by atoms with Gasteiger partial charge in [0.2, 0.25) is 5.95 Å². The van der Waals surface area contributed by atoms with Gasteiger partial charge < -0.3 is 20.7 Å². The highest BCUT2D eigenvalue weighted by Crippen LogP contribution is 2.31. The molecule has 10 nitrogen and oxygen atoms in total. The summed E-state index contributed by atoms with van der Waals surface area (Å²) in [6.45, 7) is 6.75. The Balaban J connectivity index is 1.26. The molecule has 2 aromatic heterocycles. The first-order valence-electron chi connectivity index (χ1n) is 12.8. The van der Waals surface area contributed by atoms with E-state index in [1.165, 1.54) is 12.1 Å². The minimum absolute atomic E-state index is 0.0384. The molecule has 4 aromatic rings. The average Bonchev–Trinajstić information content (AvgIpc) is 3.26. The van der Waals surface area contributed by atoms with Crippen LogP contribution in [0.15, 0.2) is 48.7 Å². The van der Waals surface area contributed by atoms with E-state index in [0.717, 1.165) is 61.5 Å². The molecule has 1 fully saturated rings. The molecule has 210 valence electrons. The minimum atomic E-state index is -4.50. The van der Waals surface area contributed by atoms with Gasteiger partial charge >= 0.3 is 12.2 Å². The summed E-state index contributed by atoms with van der Waals surface area (Å²) in [6, 6.07) is 9.21. The molecule has 0 aliphatic carbocycles. The van der Waals surface area contributed by atoms with Gasteiger partial charge in [-0.2, -0.15) is 23.3 Å². The van der Waals surface area contributed by atoms with Crippen molar-refractivity contribution in [1.29, 1.82) is 0 Å². The van der Waals surface area contributed by atoms with Crippen molar-refractivity contribution in [3.8, 4) is 11.3 Å². The van der Waals surface area contributed by atoms with Crippen molar-refractivity contribution in [3.05, 3.63) is 59.8 Å². The predicted molar refractivity (Wildman–Crippen MR) is 146 cm³/mol. The summed E-state index contributed by atoms with van der Waals surface area (Å²) in [4.78, 5) is 23.9. The highest BCUT2D eigenvalue weighted by Gasteiger charge is 2.30. The molecule has 1 saturated heterocycles. The number of nitrogens with one attached hydrogen (secondary N) is 3. The first-order valence-corrected chi connectivity index (χ1v) is 12.8. The van der Waals surface area contributed by atoms with Crippen LogP contribution in [-0.4, -0.2) is 70.1 Å². The second kappa shape index (κ2) is 11.5. The maximum Gasteiger partial charge on any atom is 0.416 e. The fourth-order valence-corrected chi connectivity index (χ4v) is 4.50. The number of nitrogens with zero attached hydrogens (tertiary/aromatic N) is 5. The molecule has 0 spiro atoms. The van der Waals surface area contributed by atoms with Crippen LogP contribution in [0.1, 0.15) is 11.1 Å². The monoisotopic (exact) mass is 554 g/mol. The number of ether oxygens (including phenoxy) is 1. The number of hydrogen-bond donors (Lipinski definition) is 3. The van der Waals surface area contributed by atoms with Crippen LogP contribution in [0.4, 0.5) is 35.3 Å². The Bertz CT molecular complexity index is 1520. The van der Waals surface area contributed by atoms with Gasteiger partial charge in [-0.3, -0.25) is 4.90 Å². The SMILES string of the molecule is Cc1cc(-c2nn(C)c3nc(NCCN4CCOCC4)ncc23)ccc1NC(=O)Nc1cccc(C(F)(F)F)c1. The summed E-state index contributed by atoms with van der Waals surface area (Å²) in [5.41, 5.74) is 2.64. The number of amides is 2. The zero-order chi connectivity index (χ0) is 28.3. The third kappa shape index (κ3) is 6.32. The number of halogens is 3. The summed E-state index contributed by atoms with van der Waals surface area (Å²) < 4.78 is 46.0. The van der Waals surface area contributed by atoms with Crippen LogP contribution in [0.3, 0.4) is 0 Å². The number of fused-ring (bicyclic) bond motifs is 1. The molecule has 40 heavy (non-hydrogen) atoms. The van der Waals surface area contributed by atoms with Gasteiger partial charge in [0.05, 0.1) is 24.2 Å². The van der Waals surface area contributed by atoms with Crippen LogP contribution in [0.5, 0.6) is 0 Å². The topological polar surface area (TPSA) is 109 Å². The molecule has 3 N–H and O–H groups in total. The van der Waals surface area contributed by atoms with E-state index in [1.54, 1.807) is 16.9 Å². The zero-order valence-electron chi connectivity index (χ0n) is 22.0. The van der Waals surface area contributed by atoms with Gasteiger partial charge in [0.15, 0.2) is 5.65 Å². The molecular formula is C27H29F3N8O2. The number of anilines is 3. The van der Waals surface area contributed by atoms with Crippen molar-refractivity contribution in [1.82, 2.24) is 24.6 Å². The number of aryl methyl sites for hydroxylation is 2. The molecule has 0 bridgehead atoms. The van der Waals surface area contributed by atoms with Crippen molar-refractivity contribution < 1.29 is 22.7 Å². The van der Waals surface area contributed by atoms with E-state index in [2.05, 4.69) is 35.9 Å². The van der Waals surface area contributed by atoms with E-state index in [-0.39, 0.29) is 5.69 Å². The van der Waals surface area contributed by atoms with E-state index < -0.39 is 17.8 Å². The molecule has 1 aliphatic heterocycles. The maximum absolute atomic E-state index is 13.0. The van der Waals surface area contributed by atoms with Crippen LogP contribution in [0.25, 0.3) is 22.3 Å². The number of hydrogen-bond acceptors (Lipinski definition) is 7. The Morgan fingerprint density at radius 2 is 1.90 bits per heavy atom. The van der Waals surface area contributed by atoms with Crippen LogP contribution in [0, 0.1) is 6.92 Å². The lowest BCUT2D eigenvalue weighted by molar-refractivity contribution is -0.137. The van der Waals surface area contributed by atoms with Crippen LogP contribution >= 0.6 is 0 Å². The molecule has 0 unspecified atom stereocenters. The predicted octanol–water partition coefficient (Wildman–Crippen LogP) is 4.75. The number of urea groups is 1. The number of rotatable bonds is 7. The normalized spacial score (nSPS) is 14.3. The van der Waals surface area contributed by atoms with Gasteiger partial charge in [-0.05, 0) is 42.8 Å². The Kier molecular flexibility index (Phi) is 7.85. The third-order valence-electron chi connectivity index (χ3n) is 6.59. The second-order valence-electron chi connectivity index (χ2n) is 9.47. The van der Waals surface area contributed by atoms with Gasteiger partial charge in [0.25, 0.3) is 0 Å². The minimum Gasteiger partial charge on any atom is -0.379 e. The Morgan fingerprint density at radius 3 is 2.65 bits per heavy atom.